The van der Waals surface area contributed by atoms with Crippen LogP contribution in [-0.2, 0) is 14.9 Å². The van der Waals surface area contributed by atoms with Crippen molar-refractivity contribution in [2.24, 2.45) is 5.92 Å². The maximum atomic E-state index is 11.9. The molecular weight excluding hydrogens is 316 g/mol. The number of aliphatic hydroxyl groups is 1. The normalized spacial score (nSPS) is 29.8. The van der Waals surface area contributed by atoms with Gasteiger partial charge in [0.15, 0.2) is 0 Å². The van der Waals surface area contributed by atoms with Crippen LogP contribution in [0.5, 0.6) is 5.75 Å². The molecule has 0 saturated heterocycles. The zero-order valence-corrected chi connectivity index (χ0v) is 15.8. The van der Waals surface area contributed by atoms with E-state index in [0.29, 0.717) is 13.0 Å². The van der Waals surface area contributed by atoms with Crippen molar-refractivity contribution in [3.05, 3.63) is 40.0 Å². The number of ether oxygens (including phenoxy) is 2. The van der Waals surface area contributed by atoms with Gasteiger partial charge >= 0.3 is 5.97 Å². The molecule has 1 heterocycles. The molecule has 1 aromatic rings. The summed E-state index contributed by atoms with van der Waals surface area (Å²) in [5.74, 6) is 0.796. The van der Waals surface area contributed by atoms with Gasteiger partial charge in [0.2, 0.25) is 0 Å². The average molecular weight is 344 g/mol. The van der Waals surface area contributed by atoms with Gasteiger partial charge in [-0.1, -0.05) is 32.9 Å². The van der Waals surface area contributed by atoms with Crippen LogP contribution >= 0.6 is 0 Å². The number of aryl methyl sites for hydroxylation is 1. The van der Waals surface area contributed by atoms with Crippen molar-refractivity contribution in [1.29, 1.82) is 0 Å². The average Bonchev–Trinajstić information content (AvgIpc) is 2.99. The van der Waals surface area contributed by atoms with E-state index >= 15 is 0 Å². The molecule has 2 aliphatic carbocycles. The maximum absolute atomic E-state index is 11.9. The Kier molecular flexibility index (Phi) is 4.67. The first-order valence-electron chi connectivity index (χ1n) is 9.22. The second kappa shape index (κ2) is 6.49. The van der Waals surface area contributed by atoms with Gasteiger partial charge in [0, 0.05) is 16.6 Å². The molecule has 4 rings (SSSR count). The fourth-order valence-electron chi connectivity index (χ4n) is 4.84. The van der Waals surface area contributed by atoms with Crippen molar-refractivity contribution in [3.8, 4) is 5.75 Å². The lowest BCUT2D eigenvalue weighted by molar-refractivity contribution is -0.136. The molecule has 0 bridgehead atoms. The first-order valence-corrected chi connectivity index (χ1v) is 9.22. The summed E-state index contributed by atoms with van der Waals surface area (Å²) in [6.45, 7) is 8.65. The molecule has 1 N–H and O–H groups in total. The van der Waals surface area contributed by atoms with Gasteiger partial charge in [-0.15, -0.1) is 0 Å². The minimum absolute atomic E-state index is 0.0810. The second-order valence-corrected chi connectivity index (χ2v) is 7.18. The predicted molar refractivity (Wildman–Crippen MR) is 96.7 cm³/mol. The Balaban J connectivity index is 0.000000880. The molecule has 0 saturated carbocycles. The summed E-state index contributed by atoms with van der Waals surface area (Å²) >= 11 is 0. The zero-order chi connectivity index (χ0) is 18.4. The molecule has 0 amide bonds. The third-order valence-corrected chi connectivity index (χ3v) is 6.08. The number of aliphatic hydroxyl groups excluding tert-OH is 1. The molecule has 3 aliphatic rings. The van der Waals surface area contributed by atoms with Crippen molar-refractivity contribution in [3.63, 3.8) is 0 Å². The van der Waals surface area contributed by atoms with E-state index in [-0.39, 0.29) is 17.3 Å². The Morgan fingerprint density at radius 1 is 1.32 bits per heavy atom. The number of cyclic esters (lactones) is 1. The number of hydrogen-bond donors (Lipinski definition) is 1. The van der Waals surface area contributed by atoms with E-state index in [1.165, 1.54) is 0 Å². The summed E-state index contributed by atoms with van der Waals surface area (Å²) in [5.41, 5.74) is 5.01. The lowest BCUT2D eigenvalue weighted by Gasteiger charge is -2.48. The van der Waals surface area contributed by atoms with Crippen LogP contribution in [0.4, 0.5) is 0 Å². The lowest BCUT2D eigenvalue weighted by Crippen LogP contribution is -2.42. The van der Waals surface area contributed by atoms with E-state index in [0.717, 1.165) is 46.4 Å². The number of benzene rings is 1. The van der Waals surface area contributed by atoms with Gasteiger partial charge < -0.3 is 14.6 Å². The Hall–Kier alpha value is -1.81. The number of carbonyl (C=O) groups is 1. The van der Waals surface area contributed by atoms with Crippen LogP contribution in [0.2, 0.25) is 0 Å². The molecule has 4 heteroatoms. The second-order valence-electron chi connectivity index (χ2n) is 7.18. The number of rotatable bonds is 1. The molecule has 1 aliphatic heterocycles. The summed E-state index contributed by atoms with van der Waals surface area (Å²) in [7, 11) is 1.66. The Labute approximate surface area is 149 Å². The van der Waals surface area contributed by atoms with Gasteiger partial charge in [-0.05, 0) is 48.8 Å². The van der Waals surface area contributed by atoms with Crippen molar-refractivity contribution in [2.45, 2.75) is 58.5 Å². The Bertz CT molecular complexity index is 734. The molecule has 3 atom stereocenters. The summed E-state index contributed by atoms with van der Waals surface area (Å²) in [6.07, 6.45) is 1.71. The van der Waals surface area contributed by atoms with Gasteiger partial charge in [0.1, 0.15) is 12.4 Å². The van der Waals surface area contributed by atoms with E-state index in [9.17, 15) is 9.90 Å². The number of esters is 1. The molecule has 0 radical (unpaired) electrons. The van der Waals surface area contributed by atoms with E-state index < -0.39 is 6.10 Å². The third-order valence-electron chi connectivity index (χ3n) is 6.08. The number of carbonyl (C=O) groups excluding carboxylic acids is 1. The summed E-state index contributed by atoms with van der Waals surface area (Å²) in [4.78, 5) is 11.9. The molecule has 0 spiro atoms. The van der Waals surface area contributed by atoms with Crippen molar-refractivity contribution < 1.29 is 19.4 Å². The fourth-order valence-corrected chi connectivity index (χ4v) is 4.84. The molecule has 136 valence electrons. The van der Waals surface area contributed by atoms with Crippen LogP contribution in [0.25, 0.3) is 0 Å². The van der Waals surface area contributed by atoms with Gasteiger partial charge in [-0.2, -0.15) is 0 Å². The SMILES string of the molecule is CC.COc1c(C)ccc2c1C(O)CC1C3=C(CCC21C)C(=O)OC3. The van der Waals surface area contributed by atoms with Gasteiger partial charge in [0.25, 0.3) is 0 Å². The lowest BCUT2D eigenvalue weighted by atomic mass is 9.56. The van der Waals surface area contributed by atoms with Crippen LogP contribution in [0, 0.1) is 12.8 Å². The Morgan fingerprint density at radius 3 is 2.72 bits per heavy atom. The third kappa shape index (κ3) is 2.50. The Morgan fingerprint density at radius 2 is 2.04 bits per heavy atom. The first kappa shape index (κ1) is 18.0. The van der Waals surface area contributed by atoms with Crippen LogP contribution in [-0.4, -0.2) is 24.8 Å². The highest BCUT2D eigenvalue weighted by atomic mass is 16.5. The standard InChI is InChI=1S/C19H22O4.C2H6/c1-10-4-5-13-16(17(10)22-3)15(20)8-14-12-9-23-18(21)11(12)6-7-19(13,14)2;1-2/h4-5,14-15,20H,6-9H2,1-3H3;1-2H3. The smallest absolute Gasteiger partial charge is 0.334 e. The van der Waals surface area contributed by atoms with Gasteiger partial charge in [-0.3, -0.25) is 0 Å². The van der Waals surface area contributed by atoms with E-state index in [1.807, 2.05) is 20.8 Å². The van der Waals surface area contributed by atoms with Crippen LogP contribution < -0.4 is 4.74 Å². The van der Waals surface area contributed by atoms with Crippen LogP contribution in [0.1, 0.15) is 62.8 Å². The number of methoxy groups -OCH3 is 1. The monoisotopic (exact) mass is 344 g/mol. The van der Waals surface area contributed by atoms with E-state index in [1.54, 1.807) is 7.11 Å². The molecule has 0 aromatic heterocycles. The topological polar surface area (TPSA) is 55.8 Å². The number of hydrogen-bond acceptors (Lipinski definition) is 4. The highest BCUT2D eigenvalue weighted by Crippen LogP contribution is 2.57. The largest absolute Gasteiger partial charge is 0.496 e. The summed E-state index contributed by atoms with van der Waals surface area (Å²) in [6, 6.07) is 4.20. The van der Waals surface area contributed by atoms with E-state index in [4.69, 9.17) is 9.47 Å². The quantitative estimate of drug-likeness (QED) is 0.783. The fraction of sp³-hybridized carbons (Fsp3) is 0.571. The minimum atomic E-state index is -0.569. The highest BCUT2D eigenvalue weighted by Gasteiger charge is 2.51. The van der Waals surface area contributed by atoms with Crippen LogP contribution in [0.3, 0.4) is 0 Å². The number of fused-ring (bicyclic) bond motifs is 4. The molecule has 1 aromatic carbocycles. The molecular formula is C21H28O4. The van der Waals surface area contributed by atoms with Crippen molar-refractivity contribution in [2.75, 3.05) is 13.7 Å². The zero-order valence-electron chi connectivity index (χ0n) is 15.8. The van der Waals surface area contributed by atoms with Crippen LogP contribution in [0.15, 0.2) is 23.3 Å². The molecule has 4 nitrogen and oxygen atoms in total. The van der Waals surface area contributed by atoms with Crippen molar-refractivity contribution >= 4 is 5.97 Å². The van der Waals surface area contributed by atoms with Gasteiger partial charge in [0.05, 0.1) is 13.2 Å². The highest BCUT2D eigenvalue weighted by molar-refractivity contribution is 5.92. The molecule has 25 heavy (non-hydrogen) atoms. The molecule has 3 unspecified atom stereocenters. The van der Waals surface area contributed by atoms with Gasteiger partial charge in [-0.25, -0.2) is 4.79 Å². The molecule has 0 fully saturated rings. The van der Waals surface area contributed by atoms with Crippen molar-refractivity contribution in [1.82, 2.24) is 0 Å². The predicted octanol–water partition coefficient (Wildman–Crippen LogP) is 3.99. The van der Waals surface area contributed by atoms with E-state index in [2.05, 4.69) is 19.1 Å². The first-order chi connectivity index (χ1) is 12.0. The summed E-state index contributed by atoms with van der Waals surface area (Å²) in [5, 5.41) is 10.8. The minimum Gasteiger partial charge on any atom is -0.496 e. The summed E-state index contributed by atoms with van der Waals surface area (Å²) < 4.78 is 10.9. The maximum Gasteiger partial charge on any atom is 0.334 e.